The summed E-state index contributed by atoms with van der Waals surface area (Å²) in [6.07, 6.45) is 7.06. The van der Waals surface area contributed by atoms with Crippen molar-refractivity contribution in [2.45, 2.75) is 51.6 Å². The second-order valence-electron chi connectivity index (χ2n) is 6.13. The molecule has 0 aromatic heterocycles. The molecule has 1 aliphatic carbocycles. The summed E-state index contributed by atoms with van der Waals surface area (Å²) in [6.45, 7) is -3.44. The summed E-state index contributed by atoms with van der Waals surface area (Å²) >= 11 is 0. The molecule has 0 radical (unpaired) electrons. The highest BCUT2D eigenvalue weighted by Gasteiger charge is 2.16. The van der Waals surface area contributed by atoms with Gasteiger partial charge in [0, 0.05) is 6.42 Å². The molecule has 0 unspecified atom stereocenters. The lowest BCUT2D eigenvalue weighted by Gasteiger charge is -2.20. The van der Waals surface area contributed by atoms with Gasteiger partial charge in [0.05, 0.1) is 5.69 Å². The van der Waals surface area contributed by atoms with Gasteiger partial charge in [-0.2, -0.15) is 8.78 Å². The molecule has 0 heterocycles. The zero-order valence-electron chi connectivity index (χ0n) is 14.0. The van der Waals surface area contributed by atoms with E-state index in [1.165, 1.54) is 37.5 Å². The number of hydrogen-bond acceptors (Lipinski definition) is 4. The maximum atomic E-state index is 12.3. The first-order chi connectivity index (χ1) is 12.0. The molecule has 1 aliphatic rings. The lowest BCUT2D eigenvalue weighted by atomic mass is 9.86. The maximum absolute atomic E-state index is 12.3. The first-order valence-corrected chi connectivity index (χ1v) is 8.54. The smallest absolute Gasteiger partial charge is 0.387 e. The van der Waals surface area contributed by atoms with Crippen LogP contribution in [0, 0.1) is 5.92 Å². The summed E-state index contributed by atoms with van der Waals surface area (Å²) in [4.78, 5) is 23.6. The van der Waals surface area contributed by atoms with Gasteiger partial charge < -0.3 is 14.8 Å². The summed E-state index contributed by atoms with van der Waals surface area (Å²) in [5.74, 6) is -0.600. The first kappa shape index (κ1) is 19.1. The number of esters is 1. The van der Waals surface area contributed by atoms with Gasteiger partial charge in [0.1, 0.15) is 5.75 Å². The Morgan fingerprint density at radius 3 is 2.60 bits per heavy atom. The van der Waals surface area contributed by atoms with E-state index in [0.29, 0.717) is 12.3 Å². The minimum Gasteiger partial charge on any atom is -0.456 e. The van der Waals surface area contributed by atoms with Crippen LogP contribution in [0.25, 0.3) is 0 Å². The van der Waals surface area contributed by atoms with Gasteiger partial charge in [-0.3, -0.25) is 9.59 Å². The molecule has 1 N–H and O–H groups in total. The molecule has 0 spiro atoms. The summed E-state index contributed by atoms with van der Waals surface area (Å²) in [5.41, 5.74) is 0.103. The molecular weight excluding hydrogens is 332 g/mol. The molecule has 1 aromatic carbocycles. The van der Waals surface area contributed by atoms with Crippen LogP contribution in [0.5, 0.6) is 5.75 Å². The Kier molecular flexibility index (Phi) is 7.63. The van der Waals surface area contributed by atoms with Gasteiger partial charge >= 0.3 is 12.6 Å². The molecule has 1 amide bonds. The third-order valence-electron chi connectivity index (χ3n) is 4.22. The van der Waals surface area contributed by atoms with Gasteiger partial charge in [-0.1, -0.05) is 44.2 Å². The zero-order chi connectivity index (χ0) is 18.1. The summed E-state index contributed by atoms with van der Waals surface area (Å²) < 4.78 is 33.9. The number of alkyl halides is 2. The van der Waals surface area contributed by atoms with E-state index in [0.717, 1.165) is 19.3 Å². The Bertz CT molecular complexity index is 574. The van der Waals surface area contributed by atoms with Crippen molar-refractivity contribution in [3.05, 3.63) is 24.3 Å². The van der Waals surface area contributed by atoms with E-state index < -0.39 is 25.1 Å². The number of anilines is 1. The van der Waals surface area contributed by atoms with Crippen LogP contribution in [0.3, 0.4) is 0 Å². The first-order valence-electron chi connectivity index (χ1n) is 8.54. The Labute approximate surface area is 145 Å². The van der Waals surface area contributed by atoms with E-state index in [9.17, 15) is 18.4 Å². The Morgan fingerprint density at radius 2 is 1.88 bits per heavy atom. The highest BCUT2D eigenvalue weighted by Crippen LogP contribution is 2.27. The molecule has 7 heteroatoms. The fraction of sp³-hybridized carbons (Fsp3) is 0.556. The lowest BCUT2D eigenvalue weighted by Crippen LogP contribution is -2.21. The third-order valence-corrected chi connectivity index (χ3v) is 4.22. The molecular formula is C18H23F2NO4. The van der Waals surface area contributed by atoms with Crippen LogP contribution in [0.15, 0.2) is 24.3 Å². The monoisotopic (exact) mass is 355 g/mol. The van der Waals surface area contributed by atoms with Crippen molar-refractivity contribution in [2.75, 3.05) is 11.9 Å². The quantitative estimate of drug-likeness (QED) is 0.712. The molecule has 0 bridgehead atoms. The minimum atomic E-state index is -2.99. The van der Waals surface area contributed by atoms with E-state index in [-0.39, 0.29) is 11.4 Å². The molecule has 0 aliphatic heterocycles. The van der Waals surface area contributed by atoms with E-state index in [1.807, 2.05) is 0 Å². The van der Waals surface area contributed by atoms with Crippen molar-refractivity contribution in [3.63, 3.8) is 0 Å². The number of hydrogen-bond donors (Lipinski definition) is 1. The molecule has 1 fully saturated rings. The fourth-order valence-electron chi connectivity index (χ4n) is 2.97. The molecule has 138 valence electrons. The molecule has 25 heavy (non-hydrogen) atoms. The Morgan fingerprint density at radius 1 is 1.16 bits per heavy atom. The number of carbonyl (C=O) groups excluding carboxylic acids is 2. The summed E-state index contributed by atoms with van der Waals surface area (Å²) in [5, 5.41) is 2.40. The third kappa shape index (κ3) is 7.07. The average molecular weight is 355 g/mol. The Balaban J connectivity index is 1.72. The molecule has 0 saturated heterocycles. The van der Waals surface area contributed by atoms with Crippen LogP contribution in [0.2, 0.25) is 0 Å². The standard InChI is InChI=1S/C18H23F2NO4/c19-18(20)25-15-9-5-4-8-14(15)21-16(22)12-24-17(23)11-10-13-6-2-1-3-7-13/h4-5,8-9,13,18H,1-3,6-7,10-12H2,(H,21,22). The topological polar surface area (TPSA) is 64.6 Å². The van der Waals surface area contributed by atoms with Crippen molar-refractivity contribution < 1.29 is 27.8 Å². The normalized spacial score (nSPS) is 15.0. The van der Waals surface area contributed by atoms with E-state index >= 15 is 0 Å². The molecule has 0 atom stereocenters. The van der Waals surface area contributed by atoms with Crippen LogP contribution in [0.1, 0.15) is 44.9 Å². The number of amides is 1. The van der Waals surface area contributed by atoms with Gasteiger partial charge in [0.15, 0.2) is 6.61 Å². The number of benzene rings is 1. The van der Waals surface area contributed by atoms with Crippen LogP contribution in [0.4, 0.5) is 14.5 Å². The molecule has 1 aromatic rings. The number of ether oxygens (including phenoxy) is 2. The van der Waals surface area contributed by atoms with Crippen LogP contribution >= 0.6 is 0 Å². The average Bonchev–Trinajstić information content (AvgIpc) is 2.60. The SMILES string of the molecule is O=C(COC(=O)CCC1CCCCC1)Nc1ccccc1OC(F)F. The van der Waals surface area contributed by atoms with Crippen LogP contribution < -0.4 is 10.1 Å². The highest BCUT2D eigenvalue weighted by molar-refractivity contribution is 5.94. The fourth-order valence-corrected chi connectivity index (χ4v) is 2.97. The van der Waals surface area contributed by atoms with Gasteiger partial charge in [-0.25, -0.2) is 0 Å². The van der Waals surface area contributed by atoms with E-state index in [4.69, 9.17) is 4.74 Å². The van der Waals surface area contributed by atoms with Crippen LogP contribution in [-0.2, 0) is 14.3 Å². The predicted molar refractivity (Wildman–Crippen MR) is 88.5 cm³/mol. The molecule has 2 rings (SSSR count). The summed E-state index contributed by atoms with van der Waals surface area (Å²) in [7, 11) is 0. The molecule has 5 nitrogen and oxygen atoms in total. The predicted octanol–water partition coefficient (Wildman–Crippen LogP) is 4.13. The molecule has 1 saturated carbocycles. The number of rotatable bonds is 8. The second kappa shape index (κ2) is 9.96. The van der Waals surface area contributed by atoms with Crippen molar-refractivity contribution >= 4 is 17.6 Å². The van der Waals surface area contributed by atoms with E-state index in [2.05, 4.69) is 10.1 Å². The van der Waals surface area contributed by atoms with Gasteiger partial charge in [0.25, 0.3) is 5.91 Å². The zero-order valence-corrected chi connectivity index (χ0v) is 14.0. The largest absolute Gasteiger partial charge is 0.456 e. The summed E-state index contributed by atoms with van der Waals surface area (Å²) in [6, 6.07) is 5.83. The van der Waals surface area contributed by atoms with Crippen molar-refractivity contribution in [1.29, 1.82) is 0 Å². The van der Waals surface area contributed by atoms with Crippen molar-refractivity contribution in [2.24, 2.45) is 5.92 Å². The maximum Gasteiger partial charge on any atom is 0.387 e. The number of halogens is 2. The number of nitrogens with one attached hydrogen (secondary N) is 1. The lowest BCUT2D eigenvalue weighted by molar-refractivity contribution is -0.147. The second-order valence-corrected chi connectivity index (χ2v) is 6.13. The van der Waals surface area contributed by atoms with Gasteiger partial charge in [-0.15, -0.1) is 0 Å². The van der Waals surface area contributed by atoms with E-state index in [1.54, 1.807) is 6.07 Å². The Hall–Kier alpha value is -2.18. The van der Waals surface area contributed by atoms with Gasteiger partial charge in [0.2, 0.25) is 0 Å². The van der Waals surface area contributed by atoms with Crippen molar-refractivity contribution in [3.8, 4) is 5.75 Å². The number of carbonyl (C=O) groups is 2. The van der Waals surface area contributed by atoms with Crippen LogP contribution in [-0.4, -0.2) is 25.1 Å². The number of para-hydroxylation sites is 2. The van der Waals surface area contributed by atoms with Gasteiger partial charge in [-0.05, 0) is 24.5 Å². The minimum absolute atomic E-state index is 0.103. The van der Waals surface area contributed by atoms with Crippen molar-refractivity contribution in [1.82, 2.24) is 0 Å². The highest BCUT2D eigenvalue weighted by atomic mass is 19.3.